The predicted octanol–water partition coefficient (Wildman–Crippen LogP) is 1.16. The van der Waals surface area contributed by atoms with E-state index in [0.717, 1.165) is 12.8 Å². The van der Waals surface area contributed by atoms with Crippen molar-refractivity contribution in [2.24, 2.45) is 11.8 Å². The van der Waals surface area contributed by atoms with Gasteiger partial charge in [0.2, 0.25) is 0 Å². The van der Waals surface area contributed by atoms with Crippen LogP contribution in [0, 0.1) is 11.8 Å². The molecule has 0 aliphatic heterocycles. The SMILES string of the molecule is CC(C)[C@H](O)C[C@H]1C[C@@]1(C)O. The highest BCUT2D eigenvalue weighted by Crippen LogP contribution is 2.46. The minimum Gasteiger partial charge on any atom is -0.393 e. The monoisotopic (exact) mass is 158 g/mol. The Bertz CT molecular complexity index is 140. The van der Waals surface area contributed by atoms with Crippen LogP contribution in [0.25, 0.3) is 0 Å². The van der Waals surface area contributed by atoms with Gasteiger partial charge in [-0.15, -0.1) is 0 Å². The predicted molar refractivity (Wildman–Crippen MR) is 44.2 cm³/mol. The summed E-state index contributed by atoms with van der Waals surface area (Å²) >= 11 is 0. The summed E-state index contributed by atoms with van der Waals surface area (Å²) in [5, 5.41) is 18.9. The molecule has 0 saturated heterocycles. The second-order valence-corrected chi connectivity index (χ2v) is 4.31. The molecule has 2 heteroatoms. The average molecular weight is 158 g/mol. The lowest BCUT2D eigenvalue weighted by Crippen LogP contribution is -2.17. The third-order valence-corrected chi connectivity index (χ3v) is 2.67. The van der Waals surface area contributed by atoms with E-state index in [2.05, 4.69) is 0 Å². The first-order valence-corrected chi connectivity index (χ1v) is 4.34. The molecule has 0 radical (unpaired) electrons. The van der Waals surface area contributed by atoms with Gasteiger partial charge in [-0.1, -0.05) is 13.8 Å². The smallest absolute Gasteiger partial charge is 0.0653 e. The molecule has 0 unspecified atom stereocenters. The Morgan fingerprint density at radius 3 is 2.27 bits per heavy atom. The summed E-state index contributed by atoms with van der Waals surface area (Å²) in [6.45, 7) is 5.84. The van der Waals surface area contributed by atoms with Crippen molar-refractivity contribution in [1.82, 2.24) is 0 Å². The van der Waals surface area contributed by atoms with Gasteiger partial charge in [0.05, 0.1) is 11.7 Å². The largest absolute Gasteiger partial charge is 0.393 e. The average Bonchev–Trinajstić information content (AvgIpc) is 2.39. The summed E-state index contributed by atoms with van der Waals surface area (Å²) in [6, 6.07) is 0. The van der Waals surface area contributed by atoms with E-state index in [1.807, 2.05) is 20.8 Å². The van der Waals surface area contributed by atoms with Crippen LogP contribution in [0.2, 0.25) is 0 Å². The zero-order valence-electron chi connectivity index (χ0n) is 7.54. The van der Waals surface area contributed by atoms with Crippen molar-refractivity contribution in [3.8, 4) is 0 Å². The van der Waals surface area contributed by atoms with Gasteiger partial charge in [-0.3, -0.25) is 0 Å². The zero-order chi connectivity index (χ0) is 8.65. The summed E-state index contributed by atoms with van der Waals surface area (Å²) in [7, 11) is 0. The summed E-state index contributed by atoms with van der Waals surface area (Å²) in [4.78, 5) is 0. The fraction of sp³-hybridized carbons (Fsp3) is 1.00. The zero-order valence-corrected chi connectivity index (χ0v) is 7.54. The van der Waals surface area contributed by atoms with Crippen molar-refractivity contribution in [2.45, 2.75) is 45.3 Å². The standard InChI is InChI=1S/C9H18O2/c1-6(2)8(10)4-7-5-9(7,3)11/h6-8,10-11H,4-5H2,1-3H3/t7-,8+,9+/m0/s1. The van der Waals surface area contributed by atoms with Crippen LogP contribution in [-0.4, -0.2) is 21.9 Å². The Hall–Kier alpha value is -0.0800. The lowest BCUT2D eigenvalue weighted by Gasteiger charge is -2.14. The van der Waals surface area contributed by atoms with Crippen LogP contribution in [0.5, 0.6) is 0 Å². The molecule has 0 bridgehead atoms. The molecule has 1 saturated carbocycles. The van der Waals surface area contributed by atoms with E-state index in [1.165, 1.54) is 0 Å². The molecule has 66 valence electrons. The normalized spacial score (nSPS) is 39.3. The fourth-order valence-electron chi connectivity index (χ4n) is 1.34. The van der Waals surface area contributed by atoms with Gasteiger partial charge in [0.25, 0.3) is 0 Å². The Labute approximate surface area is 68.2 Å². The van der Waals surface area contributed by atoms with Crippen LogP contribution in [-0.2, 0) is 0 Å². The molecular formula is C9H18O2. The molecule has 0 amide bonds. The molecule has 0 aromatic rings. The summed E-state index contributed by atoms with van der Waals surface area (Å²) in [5.41, 5.74) is -0.476. The molecule has 1 aliphatic rings. The molecule has 3 atom stereocenters. The molecule has 2 nitrogen and oxygen atoms in total. The lowest BCUT2D eigenvalue weighted by molar-refractivity contribution is 0.0861. The fourth-order valence-corrected chi connectivity index (χ4v) is 1.34. The molecule has 1 rings (SSSR count). The van der Waals surface area contributed by atoms with Crippen molar-refractivity contribution < 1.29 is 10.2 Å². The second-order valence-electron chi connectivity index (χ2n) is 4.31. The number of aliphatic hydroxyl groups is 2. The third kappa shape index (κ3) is 2.17. The van der Waals surface area contributed by atoms with Gasteiger partial charge in [0, 0.05) is 0 Å². The number of hydrogen-bond donors (Lipinski definition) is 2. The minimum atomic E-state index is -0.476. The van der Waals surface area contributed by atoms with E-state index >= 15 is 0 Å². The topological polar surface area (TPSA) is 40.5 Å². The Balaban J connectivity index is 2.23. The van der Waals surface area contributed by atoms with Crippen LogP contribution >= 0.6 is 0 Å². The van der Waals surface area contributed by atoms with Gasteiger partial charge >= 0.3 is 0 Å². The van der Waals surface area contributed by atoms with Crippen LogP contribution in [0.3, 0.4) is 0 Å². The third-order valence-electron chi connectivity index (χ3n) is 2.67. The molecule has 11 heavy (non-hydrogen) atoms. The van der Waals surface area contributed by atoms with E-state index < -0.39 is 5.60 Å². The number of rotatable bonds is 3. The molecule has 0 spiro atoms. The second kappa shape index (κ2) is 2.76. The molecule has 0 heterocycles. The highest BCUT2D eigenvalue weighted by molar-refractivity contribution is 5.00. The summed E-state index contributed by atoms with van der Waals surface area (Å²) in [5.74, 6) is 0.645. The van der Waals surface area contributed by atoms with Crippen LogP contribution < -0.4 is 0 Å². The van der Waals surface area contributed by atoms with Gasteiger partial charge in [0.1, 0.15) is 0 Å². The van der Waals surface area contributed by atoms with Gasteiger partial charge < -0.3 is 10.2 Å². The van der Waals surface area contributed by atoms with Crippen molar-refractivity contribution in [3.05, 3.63) is 0 Å². The van der Waals surface area contributed by atoms with Crippen molar-refractivity contribution in [3.63, 3.8) is 0 Å². The van der Waals surface area contributed by atoms with Gasteiger partial charge in [-0.25, -0.2) is 0 Å². The highest BCUT2D eigenvalue weighted by atomic mass is 16.3. The van der Waals surface area contributed by atoms with Gasteiger partial charge in [-0.2, -0.15) is 0 Å². The maximum absolute atomic E-state index is 9.46. The van der Waals surface area contributed by atoms with E-state index in [9.17, 15) is 10.2 Å². The van der Waals surface area contributed by atoms with Crippen LogP contribution in [0.15, 0.2) is 0 Å². The van der Waals surface area contributed by atoms with E-state index in [-0.39, 0.29) is 6.10 Å². The first-order valence-electron chi connectivity index (χ1n) is 4.34. The maximum atomic E-state index is 9.46. The molecule has 1 aliphatic carbocycles. The summed E-state index contributed by atoms with van der Waals surface area (Å²) in [6.07, 6.45) is 1.37. The quantitative estimate of drug-likeness (QED) is 0.647. The van der Waals surface area contributed by atoms with Crippen molar-refractivity contribution in [1.29, 1.82) is 0 Å². The maximum Gasteiger partial charge on any atom is 0.0653 e. The van der Waals surface area contributed by atoms with Crippen molar-refractivity contribution >= 4 is 0 Å². The number of aliphatic hydroxyl groups excluding tert-OH is 1. The van der Waals surface area contributed by atoms with E-state index in [4.69, 9.17) is 0 Å². The first kappa shape index (κ1) is 9.01. The van der Waals surface area contributed by atoms with E-state index in [0.29, 0.717) is 11.8 Å². The van der Waals surface area contributed by atoms with Crippen LogP contribution in [0.1, 0.15) is 33.6 Å². The molecular weight excluding hydrogens is 140 g/mol. The first-order chi connectivity index (χ1) is 4.93. The van der Waals surface area contributed by atoms with Crippen molar-refractivity contribution in [2.75, 3.05) is 0 Å². The van der Waals surface area contributed by atoms with Gasteiger partial charge in [0.15, 0.2) is 0 Å². The molecule has 0 aromatic heterocycles. The Morgan fingerprint density at radius 1 is 1.55 bits per heavy atom. The molecule has 2 N–H and O–H groups in total. The molecule has 0 aromatic carbocycles. The lowest BCUT2D eigenvalue weighted by atomic mass is 10.0. The van der Waals surface area contributed by atoms with E-state index in [1.54, 1.807) is 0 Å². The molecule has 1 fully saturated rings. The Morgan fingerprint density at radius 2 is 2.00 bits per heavy atom. The van der Waals surface area contributed by atoms with Crippen LogP contribution in [0.4, 0.5) is 0 Å². The summed E-state index contributed by atoms with van der Waals surface area (Å²) < 4.78 is 0. The minimum absolute atomic E-state index is 0.242. The van der Waals surface area contributed by atoms with Gasteiger partial charge in [-0.05, 0) is 31.6 Å². The Kier molecular flexibility index (Phi) is 2.26. The highest BCUT2D eigenvalue weighted by Gasteiger charge is 2.48. The number of hydrogen-bond acceptors (Lipinski definition) is 2.